The third-order valence-corrected chi connectivity index (χ3v) is 11.4. The van der Waals surface area contributed by atoms with E-state index >= 15 is 0 Å². The zero-order valence-corrected chi connectivity index (χ0v) is 31.2. The van der Waals surface area contributed by atoms with Gasteiger partial charge in [-0.05, 0) is 69.1 Å². The Labute approximate surface area is 333 Å². The van der Waals surface area contributed by atoms with Crippen molar-refractivity contribution in [1.82, 2.24) is 19.5 Å². The van der Waals surface area contributed by atoms with E-state index in [-0.39, 0.29) is 0 Å². The Hall–Kier alpha value is -7.89. The zero-order chi connectivity index (χ0) is 38.2. The number of hydrogen-bond acceptors (Lipinski definition) is 4. The molecule has 12 aromatic rings. The molecule has 3 heterocycles. The summed E-state index contributed by atoms with van der Waals surface area (Å²) in [7, 11) is 0. The topological polar surface area (TPSA) is 56.7 Å². The summed E-state index contributed by atoms with van der Waals surface area (Å²) in [5.41, 5.74) is 9.72. The van der Waals surface area contributed by atoms with Crippen LogP contribution in [0.3, 0.4) is 0 Å². The minimum atomic E-state index is 0.585. The maximum atomic E-state index is 7.07. The molecule has 0 bridgehead atoms. The third kappa shape index (κ3) is 5.07. The monoisotopic (exact) mass is 740 g/mol. The van der Waals surface area contributed by atoms with E-state index in [0.717, 1.165) is 66.5 Å². The van der Waals surface area contributed by atoms with Gasteiger partial charge in [0.2, 0.25) is 0 Å². The average molecular weight is 741 g/mol. The summed E-state index contributed by atoms with van der Waals surface area (Å²) in [4.78, 5) is 15.3. The number of furan rings is 1. The van der Waals surface area contributed by atoms with Crippen LogP contribution in [0.15, 0.2) is 199 Å². The highest BCUT2D eigenvalue weighted by Crippen LogP contribution is 2.44. The van der Waals surface area contributed by atoms with Gasteiger partial charge in [-0.2, -0.15) is 0 Å². The van der Waals surface area contributed by atoms with Gasteiger partial charge in [0.25, 0.3) is 0 Å². The van der Waals surface area contributed by atoms with Crippen LogP contribution in [0.2, 0.25) is 0 Å². The Morgan fingerprint density at radius 1 is 0.362 bits per heavy atom. The van der Waals surface area contributed by atoms with Gasteiger partial charge in [0.15, 0.2) is 23.1 Å². The van der Waals surface area contributed by atoms with Crippen molar-refractivity contribution in [3.8, 4) is 51.0 Å². The molecule has 270 valence electrons. The van der Waals surface area contributed by atoms with Gasteiger partial charge >= 0.3 is 0 Å². The molecule has 0 amide bonds. The first-order valence-corrected chi connectivity index (χ1v) is 19.5. The number of fused-ring (bicyclic) bond motifs is 8. The molecular formula is C53H32N4O. The first-order valence-electron chi connectivity index (χ1n) is 19.5. The zero-order valence-electron chi connectivity index (χ0n) is 31.2. The maximum Gasteiger partial charge on any atom is 0.164 e. The molecule has 5 nitrogen and oxygen atoms in total. The van der Waals surface area contributed by atoms with Crippen LogP contribution in [-0.2, 0) is 0 Å². The van der Waals surface area contributed by atoms with Crippen molar-refractivity contribution >= 4 is 65.3 Å². The predicted molar refractivity (Wildman–Crippen MR) is 238 cm³/mol. The van der Waals surface area contributed by atoms with Gasteiger partial charge in [0, 0.05) is 38.2 Å². The molecule has 0 N–H and O–H groups in total. The summed E-state index contributed by atoms with van der Waals surface area (Å²) >= 11 is 0. The second-order valence-corrected chi connectivity index (χ2v) is 14.8. The minimum absolute atomic E-state index is 0.585. The number of benzene rings is 9. The van der Waals surface area contributed by atoms with Crippen LogP contribution < -0.4 is 0 Å². The van der Waals surface area contributed by atoms with E-state index < -0.39 is 0 Å². The lowest BCUT2D eigenvalue weighted by Gasteiger charge is -2.14. The van der Waals surface area contributed by atoms with Gasteiger partial charge in [-0.15, -0.1) is 0 Å². The van der Waals surface area contributed by atoms with Crippen LogP contribution in [0, 0.1) is 0 Å². The summed E-state index contributed by atoms with van der Waals surface area (Å²) < 4.78 is 9.46. The second-order valence-electron chi connectivity index (χ2n) is 14.8. The molecule has 0 saturated carbocycles. The molecule has 0 saturated heterocycles. The van der Waals surface area contributed by atoms with E-state index in [4.69, 9.17) is 19.4 Å². The molecule has 0 aliphatic carbocycles. The van der Waals surface area contributed by atoms with E-state index in [1.807, 2.05) is 66.7 Å². The first-order chi connectivity index (χ1) is 28.7. The maximum absolute atomic E-state index is 7.07. The van der Waals surface area contributed by atoms with Crippen LogP contribution >= 0.6 is 0 Å². The van der Waals surface area contributed by atoms with Crippen LogP contribution in [0.1, 0.15) is 0 Å². The molecule has 9 aromatic carbocycles. The number of hydrogen-bond donors (Lipinski definition) is 0. The molecule has 0 fully saturated rings. The lowest BCUT2D eigenvalue weighted by molar-refractivity contribution is 0.666. The largest absolute Gasteiger partial charge is 0.454 e. The van der Waals surface area contributed by atoms with Crippen LogP contribution in [0.25, 0.3) is 116 Å². The summed E-state index contributed by atoms with van der Waals surface area (Å²) in [6, 6.07) is 68.1. The quantitative estimate of drug-likeness (QED) is 0.176. The normalized spacial score (nSPS) is 11.8. The molecule has 5 heteroatoms. The van der Waals surface area contributed by atoms with Gasteiger partial charge in [-0.3, -0.25) is 0 Å². The first kappa shape index (κ1) is 32.4. The van der Waals surface area contributed by atoms with Crippen molar-refractivity contribution in [2.75, 3.05) is 0 Å². The fraction of sp³-hybridized carbons (Fsp3) is 0. The molecular weight excluding hydrogens is 709 g/mol. The smallest absolute Gasteiger partial charge is 0.164 e. The molecule has 0 unspecified atom stereocenters. The number of aromatic nitrogens is 4. The molecule has 58 heavy (non-hydrogen) atoms. The van der Waals surface area contributed by atoms with E-state index in [2.05, 4.69) is 132 Å². The summed E-state index contributed by atoms with van der Waals surface area (Å²) in [6.07, 6.45) is 0. The number of rotatable bonds is 5. The van der Waals surface area contributed by atoms with Crippen LogP contribution in [0.4, 0.5) is 0 Å². The lowest BCUT2D eigenvalue weighted by atomic mass is 9.95. The standard InChI is InChI=1S/C53H32N4O/c1-3-16-34(17-4-1)51-54-52(35-18-5-2-6-19-35)56-53(55-51)42-26-14-28-48-49(42)44-30-38(40-25-13-22-33-15-9-10-23-39(33)40)32-47(50(44)58-48)57-45-27-12-11-24-41(45)43-29-36-20-7-8-21-37(36)31-46(43)57/h1-32H. The number of nitrogens with zero attached hydrogens (tertiary/aromatic N) is 4. The molecule has 0 spiro atoms. The molecule has 0 aliphatic heterocycles. The second kappa shape index (κ2) is 12.8. The van der Waals surface area contributed by atoms with Crippen molar-refractivity contribution in [1.29, 1.82) is 0 Å². The van der Waals surface area contributed by atoms with Gasteiger partial charge in [-0.1, -0.05) is 158 Å². The lowest BCUT2D eigenvalue weighted by Crippen LogP contribution is -2.00. The van der Waals surface area contributed by atoms with Crippen LogP contribution in [-0.4, -0.2) is 19.5 Å². The Morgan fingerprint density at radius 2 is 0.948 bits per heavy atom. The SMILES string of the molecule is c1ccc(-c2nc(-c3ccccc3)nc(-c3cccc4oc5c(-n6c7ccccc7c7cc8ccccc8cc76)cc(-c6cccc7ccccc67)cc5c34)n2)cc1. The Bertz CT molecular complexity index is 3500. The molecule has 12 rings (SSSR count). The average Bonchev–Trinajstić information content (AvgIpc) is 3.83. The highest BCUT2D eigenvalue weighted by Gasteiger charge is 2.23. The van der Waals surface area contributed by atoms with Crippen LogP contribution in [0.5, 0.6) is 0 Å². The predicted octanol–water partition coefficient (Wildman–Crippen LogP) is 13.8. The minimum Gasteiger partial charge on any atom is -0.454 e. The van der Waals surface area contributed by atoms with Gasteiger partial charge in [0.1, 0.15) is 5.58 Å². The Morgan fingerprint density at radius 3 is 1.71 bits per heavy atom. The van der Waals surface area contributed by atoms with E-state index in [9.17, 15) is 0 Å². The summed E-state index contributed by atoms with van der Waals surface area (Å²) in [6.45, 7) is 0. The van der Waals surface area contributed by atoms with Crippen molar-refractivity contribution in [2.24, 2.45) is 0 Å². The summed E-state index contributed by atoms with van der Waals surface area (Å²) in [5, 5.41) is 9.10. The van der Waals surface area contributed by atoms with Gasteiger partial charge in [-0.25, -0.2) is 15.0 Å². The number of para-hydroxylation sites is 1. The summed E-state index contributed by atoms with van der Waals surface area (Å²) in [5.74, 6) is 1.81. The van der Waals surface area contributed by atoms with Crippen molar-refractivity contribution in [3.63, 3.8) is 0 Å². The van der Waals surface area contributed by atoms with Gasteiger partial charge < -0.3 is 8.98 Å². The van der Waals surface area contributed by atoms with E-state index in [1.54, 1.807) is 0 Å². The molecule has 0 atom stereocenters. The Balaban J connectivity index is 1.21. The highest BCUT2D eigenvalue weighted by molar-refractivity contribution is 6.18. The third-order valence-electron chi connectivity index (χ3n) is 11.4. The fourth-order valence-corrected chi connectivity index (χ4v) is 8.74. The van der Waals surface area contributed by atoms with E-state index in [0.29, 0.717) is 17.5 Å². The highest BCUT2D eigenvalue weighted by atomic mass is 16.3. The van der Waals surface area contributed by atoms with E-state index in [1.165, 1.54) is 32.3 Å². The van der Waals surface area contributed by atoms with Crippen molar-refractivity contribution in [3.05, 3.63) is 194 Å². The molecule has 0 aliphatic rings. The molecule has 3 aromatic heterocycles. The Kier molecular flexibility index (Phi) is 7.16. The van der Waals surface area contributed by atoms with Crippen molar-refractivity contribution in [2.45, 2.75) is 0 Å². The molecule has 0 radical (unpaired) electrons. The van der Waals surface area contributed by atoms with Gasteiger partial charge in [0.05, 0.1) is 16.7 Å². The fourth-order valence-electron chi connectivity index (χ4n) is 8.74. The van der Waals surface area contributed by atoms with Crippen molar-refractivity contribution < 1.29 is 4.42 Å².